The number of aryl methyl sites for hydroxylation is 1. The lowest BCUT2D eigenvalue weighted by Crippen LogP contribution is -2.51. The maximum absolute atomic E-state index is 13.6. The molecule has 6 rings (SSSR count). The van der Waals surface area contributed by atoms with E-state index in [1.165, 1.54) is 68.7 Å². The van der Waals surface area contributed by atoms with E-state index in [1.54, 1.807) is 11.1 Å². The zero-order chi connectivity index (χ0) is 30.3. The molecule has 2 heterocycles. The number of carbonyl (C=O) groups excluding carboxylic acids is 2. The first-order chi connectivity index (χ1) is 20.7. The molecule has 1 aromatic heterocycles. The molecule has 2 aromatic carbocycles. The molecule has 43 heavy (non-hydrogen) atoms. The summed E-state index contributed by atoms with van der Waals surface area (Å²) >= 11 is 0. The lowest BCUT2D eigenvalue weighted by Gasteiger charge is -2.33. The zero-order valence-electron chi connectivity index (χ0n) is 26.3. The van der Waals surface area contributed by atoms with Crippen molar-refractivity contribution in [3.05, 3.63) is 65.1 Å². The molecule has 2 amide bonds. The molecule has 3 atom stereocenters. The van der Waals surface area contributed by atoms with Crippen LogP contribution in [0.4, 0.5) is 4.79 Å². The standard InChI is InChI=1S/C36H46N4O3/c1-22(2)32(39-35(42)43-5)34(41)40-21-23(3)17-31(40)33-37-20-30(38-33)26-12-10-25(11-13-26)27-14-9-24(4)28-18-36(19-29(27)28)15-7-6-8-16-36/h9-14,20,22-23,31-32H,6-8,15-19,21H2,1-5H3,(H,37,38)(H,39,42)/t23-,31-,32?/m0/s1. The van der Waals surface area contributed by atoms with Crippen molar-refractivity contribution < 1.29 is 14.3 Å². The summed E-state index contributed by atoms with van der Waals surface area (Å²) in [7, 11) is 1.31. The molecule has 7 nitrogen and oxygen atoms in total. The Labute approximate surface area is 255 Å². The van der Waals surface area contributed by atoms with E-state index >= 15 is 0 Å². The summed E-state index contributed by atoms with van der Waals surface area (Å²) in [5, 5.41) is 2.73. The minimum absolute atomic E-state index is 0.0724. The molecule has 3 aromatic rings. The monoisotopic (exact) mass is 582 g/mol. The number of H-pyrrole nitrogens is 1. The number of imidazole rings is 1. The Balaban J connectivity index is 1.22. The number of benzene rings is 2. The average Bonchev–Trinajstić information content (AvgIpc) is 3.73. The molecule has 1 aliphatic heterocycles. The fraction of sp³-hybridized carbons (Fsp3) is 0.528. The number of methoxy groups -OCH3 is 1. The highest BCUT2D eigenvalue weighted by molar-refractivity contribution is 5.86. The van der Waals surface area contributed by atoms with Crippen molar-refractivity contribution >= 4 is 12.0 Å². The van der Waals surface area contributed by atoms with Gasteiger partial charge in [-0.25, -0.2) is 9.78 Å². The second kappa shape index (κ2) is 11.8. The normalized spacial score (nSPS) is 21.7. The van der Waals surface area contributed by atoms with E-state index in [1.807, 2.05) is 24.9 Å². The average molecular weight is 583 g/mol. The minimum Gasteiger partial charge on any atom is -0.453 e. The van der Waals surface area contributed by atoms with Crippen LogP contribution in [0.2, 0.25) is 0 Å². The van der Waals surface area contributed by atoms with E-state index in [2.05, 4.69) is 60.5 Å². The summed E-state index contributed by atoms with van der Waals surface area (Å²) < 4.78 is 4.78. The van der Waals surface area contributed by atoms with Gasteiger partial charge in [0.2, 0.25) is 5.91 Å². The lowest BCUT2D eigenvalue weighted by molar-refractivity contribution is -0.135. The SMILES string of the molecule is COC(=O)NC(C(=O)N1C[C@@H](C)C[C@H]1c1ncc(-c2ccc(-c3ccc(C)c4c3CC3(CCCCC3)C4)cc2)[nH]1)C(C)C. The predicted molar refractivity (Wildman–Crippen MR) is 170 cm³/mol. The summed E-state index contributed by atoms with van der Waals surface area (Å²) in [6.45, 7) is 8.92. The van der Waals surface area contributed by atoms with Gasteiger partial charge in [0.1, 0.15) is 11.9 Å². The number of carbonyl (C=O) groups is 2. The number of ether oxygens (including phenoxy) is 1. The molecule has 228 valence electrons. The Hall–Kier alpha value is -3.61. The number of likely N-dealkylation sites (tertiary alicyclic amines) is 1. The van der Waals surface area contributed by atoms with Crippen LogP contribution in [0.25, 0.3) is 22.4 Å². The van der Waals surface area contributed by atoms with Crippen molar-refractivity contribution in [2.75, 3.05) is 13.7 Å². The van der Waals surface area contributed by atoms with E-state index < -0.39 is 12.1 Å². The van der Waals surface area contributed by atoms with Crippen LogP contribution < -0.4 is 5.32 Å². The molecule has 7 heteroatoms. The van der Waals surface area contributed by atoms with Crippen LogP contribution in [0.5, 0.6) is 0 Å². The van der Waals surface area contributed by atoms with Gasteiger partial charge in [0, 0.05) is 6.54 Å². The Morgan fingerprint density at radius 2 is 1.72 bits per heavy atom. The van der Waals surface area contributed by atoms with E-state index in [-0.39, 0.29) is 17.9 Å². The molecule has 2 aliphatic carbocycles. The Morgan fingerprint density at radius 3 is 2.42 bits per heavy atom. The molecule has 2 fully saturated rings. The third kappa shape index (κ3) is 5.71. The van der Waals surface area contributed by atoms with Crippen molar-refractivity contribution in [2.24, 2.45) is 17.3 Å². The van der Waals surface area contributed by atoms with E-state index in [0.717, 1.165) is 23.5 Å². The summed E-state index contributed by atoms with van der Waals surface area (Å²) in [5.41, 5.74) is 9.75. The number of nitrogens with one attached hydrogen (secondary N) is 2. The van der Waals surface area contributed by atoms with Crippen LogP contribution in [0, 0.1) is 24.2 Å². The molecule has 1 saturated carbocycles. The lowest BCUT2D eigenvalue weighted by atomic mass is 9.72. The molecule has 0 radical (unpaired) electrons. The van der Waals surface area contributed by atoms with Gasteiger partial charge in [-0.15, -0.1) is 0 Å². The highest BCUT2D eigenvalue weighted by Gasteiger charge is 2.41. The third-order valence-electron chi connectivity index (χ3n) is 10.3. The summed E-state index contributed by atoms with van der Waals surface area (Å²) in [5.74, 6) is 0.942. The van der Waals surface area contributed by atoms with Gasteiger partial charge < -0.3 is 19.9 Å². The molecule has 2 N–H and O–H groups in total. The van der Waals surface area contributed by atoms with E-state index in [0.29, 0.717) is 17.9 Å². The van der Waals surface area contributed by atoms with Crippen molar-refractivity contribution in [1.82, 2.24) is 20.2 Å². The number of hydrogen-bond acceptors (Lipinski definition) is 4. The minimum atomic E-state index is -0.654. The summed E-state index contributed by atoms with van der Waals surface area (Å²) in [6, 6.07) is 12.7. The Kier molecular flexibility index (Phi) is 8.10. The number of hydrogen-bond donors (Lipinski definition) is 2. The zero-order valence-corrected chi connectivity index (χ0v) is 26.3. The quantitative estimate of drug-likeness (QED) is 0.317. The third-order valence-corrected chi connectivity index (χ3v) is 10.3. The van der Waals surface area contributed by atoms with Gasteiger partial charge in [0.25, 0.3) is 0 Å². The fourth-order valence-electron chi connectivity index (χ4n) is 7.91. The summed E-state index contributed by atoms with van der Waals surface area (Å²) in [6.07, 6.45) is 11.4. The number of nitrogens with zero attached hydrogens (tertiary/aromatic N) is 2. The predicted octanol–water partition coefficient (Wildman–Crippen LogP) is 7.39. The van der Waals surface area contributed by atoms with Gasteiger partial charge in [0.05, 0.1) is 25.0 Å². The first-order valence-corrected chi connectivity index (χ1v) is 16.1. The molecule has 1 saturated heterocycles. The van der Waals surface area contributed by atoms with Gasteiger partial charge >= 0.3 is 6.09 Å². The van der Waals surface area contributed by atoms with Crippen LogP contribution >= 0.6 is 0 Å². The molecule has 1 spiro atoms. The van der Waals surface area contributed by atoms with Crippen LogP contribution in [-0.4, -0.2) is 46.6 Å². The van der Waals surface area contributed by atoms with Gasteiger partial charge in [-0.3, -0.25) is 4.79 Å². The molecule has 1 unspecified atom stereocenters. The maximum Gasteiger partial charge on any atom is 0.407 e. The molecule has 0 bridgehead atoms. The smallest absolute Gasteiger partial charge is 0.407 e. The maximum atomic E-state index is 13.6. The van der Waals surface area contributed by atoms with Crippen molar-refractivity contribution in [2.45, 2.75) is 91.1 Å². The van der Waals surface area contributed by atoms with E-state index in [9.17, 15) is 9.59 Å². The van der Waals surface area contributed by atoms with Gasteiger partial charge in [-0.05, 0) is 89.7 Å². The van der Waals surface area contributed by atoms with Crippen LogP contribution in [0.15, 0.2) is 42.6 Å². The van der Waals surface area contributed by atoms with Crippen LogP contribution in [-0.2, 0) is 22.4 Å². The molecular weight excluding hydrogens is 536 g/mol. The number of alkyl carbamates (subject to hydrolysis) is 1. The Bertz CT molecular complexity index is 1480. The summed E-state index contributed by atoms with van der Waals surface area (Å²) in [4.78, 5) is 35.7. The molecular formula is C36H46N4O3. The number of aromatic nitrogens is 2. The van der Waals surface area contributed by atoms with Crippen molar-refractivity contribution in [3.63, 3.8) is 0 Å². The molecule has 3 aliphatic rings. The van der Waals surface area contributed by atoms with Crippen molar-refractivity contribution in [3.8, 4) is 22.4 Å². The first kappa shape index (κ1) is 29.5. The number of rotatable bonds is 6. The van der Waals surface area contributed by atoms with E-state index in [4.69, 9.17) is 9.72 Å². The largest absolute Gasteiger partial charge is 0.453 e. The van der Waals surface area contributed by atoms with Gasteiger partial charge in [-0.1, -0.05) is 76.4 Å². The Morgan fingerprint density at radius 1 is 1.02 bits per heavy atom. The van der Waals surface area contributed by atoms with Gasteiger partial charge in [-0.2, -0.15) is 0 Å². The van der Waals surface area contributed by atoms with Gasteiger partial charge in [0.15, 0.2) is 0 Å². The van der Waals surface area contributed by atoms with Crippen LogP contribution in [0.3, 0.4) is 0 Å². The highest BCUT2D eigenvalue weighted by atomic mass is 16.5. The fourth-order valence-corrected chi connectivity index (χ4v) is 7.91. The second-order valence-electron chi connectivity index (χ2n) is 13.8. The number of fused-ring (bicyclic) bond motifs is 1. The highest BCUT2D eigenvalue weighted by Crippen LogP contribution is 2.50. The number of amides is 2. The second-order valence-corrected chi connectivity index (χ2v) is 13.8. The number of aromatic amines is 1. The topological polar surface area (TPSA) is 87.3 Å². The van der Waals surface area contributed by atoms with Crippen molar-refractivity contribution in [1.29, 1.82) is 0 Å². The first-order valence-electron chi connectivity index (χ1n) is 16.1. The van der Waals surface area contributed by atoms with Crippen LogP contribution in [0.1, 0.15) is 87.9 Å².